The number of nitrogens with zero attached hydrogens (tertiary/aromatic N) is 2. The van der Waals surface area contributed by atoms with E-state index in [9.17, 15) is 10.2 Å². The summed E-state index contributed by atoms with van der Waals surface area (Å²) in [5.41, 5.74) is 0.0719. The second-order valence-corrected chi connectivity index (χ2v) is 4.95. The molecular formula is C13H22N2O2. The molecule has 1 rings (SSSR count). The van der Waals surface area contributed by atoms with Crippen LogP contribution in [0.2, 0.25) is 0 Å². The summed E-state index contributed by atoms with van der Waals surface area (Å²) in [5.74, 6) is 0.785. The average molecular weight is 238 g/mol. The topological polar surface area (TPSA) is 56.6 Å². The van der Waals surface area contributed by atoms with E-state index in [2.05, 4.69) is 4.98 Å². The first kappa shape index (κ1) is 13.9. The van der Waals surface area contributed by atoms with E-state index in [0.29, 0.717) is 6.54 Å². The van der Waals surface area contributed by atoms with Crippen LogP contribution < -0.4 is 4.90 Å². The van der Waals surface area contributed by atoms with Crippen LogP contribution in [0.3, 0.4) is 0 Å². The predicted molar refractivity (Wildman–Crippen MR) is 69.1 cm³/mol. The fourth-order valence-corrected chi connectivity index (χ4v) is 1.69. The molecule has 17 heavy (non-hydrogen) atoms. The monoisotopic (exact) mass is 238 g/mol. The molecule has 0 fully saturated rings. The molecule has 96 valence electrons. The molecule has 0 aliphatic carbocycles. The lowest BCUT2D eigenvalue weighted by molar-refractivity contribution is 0.0874. The van der Waals surface area contributed by atoms with Gasteiger partial charge in [0.2, 0.25) is 0 Å². The summed E-state index contributed by atoms with van der Waals surface area (Å²) in [5, 5.41) is 19.4. The quantitative estimate of drug-likeness (QED) is 0.820. The van der Waals surface area contributed by atoms with Crippen molar-refractivity contribution in [3.8, 4) is 0 Å². The van der Waals surface area contributed by atoms with Crippen molar-refractivity contribution in [3.63, 3.8) is 0 Å². The van der Waals surface area contributed by atoms with E-state index in [4.69, 9.17) is 0 Å². The van der Waals surface area contributed by atoms with E-state index in [1.807, 2.05) is 17.9 Å². The molecule has 1 unspecified atom stereocenters. The van der Waals surface area contributed by atoms with E-state index in [1.54, 1.807) is 33.0 Å². The van der Waals surface area contributed by atoms with Gasteiger partial charge in [0, 0.05) is 19.3 Å². The summed E-state index contributed by atoms with van der Waals surface area (Å²) in [6, 6.07) is 3.66. The lowest BCUT2D eigenvalue weighted by atomic mass is 10.1. The van der Waals surface area contributed by atoms with Gasteiger partial charge in [0.25, 0.3) is 0 Å². The van der Waals surface area contributed by atoms with Crippen LogP contribution in [-0.2, 0) is 0 Å². The van der Waals surface area contributed by atoms with Gasteiger partial charge in [-0.1, -0.05) is 0 Å². The standard InChI is InChI=1S/C13H22N2O2/c1-5-15(9-13(3,4)17)12-8-11(10(2)16)6-7-14-12/h6-8,10,16-17H,5,9H2,1-4H3. The molecule has 4 heteroatoms. The molecule has 0 saturated carbocycles. The molecule has 1 aromatic rings. The van der Waals surface area contributed by atoms with Gasteiger partial charge >= 0.3 is 0 Å². The average Bonchev–Trinajstić information content (AvgIpc) is 2.25. The number of likely N-dealkylation sites (N-methyl/N-ethyl adjacent to an activating group) is 1. The Morgan fingerprint density at radius 3 is 2.59 bits per heavy atom. The minimum Gasteiger partial charge on any atom is -0.389 e. The normalized spacial score (nSPS) is 13.5. The van der Waals surface area contributed by atoms with Gasteiger partial charge in [0.15, 0.2) is 0 Å². The Morgan fingerprint density at radius 2 is 2.12 bits per heavy atom. The largest absolute Gasteiger partial charge is 0.389 e. The van der Waals surface area contributed by atoms with Crippen LogP contribution in [0.4, 0.5) is 5.82 Å². The third kappa shape index (κ3) is 4.32. The highest BCUT2D eigenvalue weighted by Gasteiger charge is 2.18. The van der Waals surface area contributed by atoms with Crippen LogP contribution in [0.5, 0.6) is 0 Å². The third-order valence-corrected chi connectivity index (χ3v) is 2.54. The lowest BCUT2D eigenvalue weighted by Crippen LogP contribution is -2.39. The molecule has 4 nitrogen and oxygen atoms in total. The minimum absolute atomic E-state index is 0.502. The van der Waals surface area contributed by atoms with Gasteiger partial charge in [-0.05, 0) is 45.4 Å². The van der Waals surface area contributed by atoms with E-state index in [0.717, 1.165) is 17.9 Å². The maximum atomic E-state index is 9.84. The zero-order chi connectivity index (χ0) is 13.1. The summed E-state index contributed by atoms with van der Waals surface area (Å²) in [7, 11) is 0. The summed E-state index contributed by atoms with van der Waals surface area (Å²) < 4.78 is 0. The summed E-state index contributed by atoms with van der Waals surface area (Å²) >= 11 is 0. The number of rotatable bonds is 5. The fourth-order valence-electron chi connectivity index (χ4n) is 1.69. The smallest absolute Gasteiger partial charge is 0.128 e. The number of aromatic nitrogens is 1. The molecular weight excluding hydrogens is 216 g/mol. The van der Waals surface area contributed by atoms with Gasteiger partial charge in [-0.25, -0.2) is 4.98 Å². The predicted octanol–water partition coefficient (Wildman–Crippen LogP) is 1.73. The Morgan fingerprint density at radius 1 is 1.47 bits per heavy atom. The SMILES string of the molecule is CCN(CC(C)(C)O)c1cc(C(C)O)ccn1. The number of aliphatic hydroxyl groups is 2. The van der Waals surface area contributed by atoms with E-state index in [-0.39, 0.29) is 0 Å². The van der Waals surface area contributed by atoms with Crippen LogP contribution in [0.25, 0.3) is 0 Å². The molecule has 1 heterocycles. The van der Waals surface area contributed by atoms with Crippen LogP contribution in [-0.4, -0.2) is 33.9 Å². The Hall–Kier alpha value is -1.13. The van der Waals surface area contributed by atoms with Crippen molar-refractivity contribution in [2.45, 2.75) is 39.4 Å². The highest BCUT2D eigenvalue weighted by Crippen LogP contribution is 2.19. The molecule has 2 N–H and O–H groups in total. The molecule has 0 saturated heterocycles. The third-order valence-electron chi connectivity index (χ3n) is 2.54. The van der Waals surface area contributed by atoms with Gasteiger partial charge in [0.1, 0.15) is 5.82 Å². The Balaban J connectivity index is 2.92. The highest BCUT2D eigenvalue weighted by atomic mass is 16.3. The first-order chi connectivity index (χ1) is 7.83. The minimum atomic E-state index is -0.765. The molecule has 0 radical (unpaired) electrons. The van der Waals surface area contributed by atoms with Crippen molar-refractivity contribution in [2.24, 2.45) is 0 Å². The Bertz CT molecular complexity index is 359. The van der Waals surface area contributed by atoms with Crippen molar-refractivity contribution in [3.05, 3.63) is 23.9 Å². The Labute approximate surface area is 103 Å². The van der Waals surface area contributed by atoms with Gasteiger partial charge in [-0.2, -0.15) is 0 Å². The fraction of sp³-hybridized carbons (Fsp3) is 0.615. The van der Waals surface area contributed by atoms with Crippen molar-refractivity contribution in [1.29, 1.82) is 0 Å². The zero-order valence-corrected chi connectivity index (χ0v) is 11.0. The molecule has 0 aliphatic heterocycles. The molecule has 0 amide bonds. The number of aliphatic hydroxyl groups excluding tert-OH is 1. The van der Waals surface area contributed by atoms with Crippen LogP contribution in [0.15, 0.2) is 18.3 Å². The second-order valence-electron chi connectivity index (χ2n) is 4.95. The van der Waals surface area contributed by atoms with Crippen molar-refractivity contribution in [2.75, 3.05) is 18.0 Å². The maximum Gasteiger partial charge on any atom is 0.128 e. The number of hydrogen-bond acceptors (Lipinski definition) is 4. The van der Waals surface area contributed by atoms with Gasteiger partial charge in [-0.3, -0.25) is 0 Å². The van der Waals surface area contributed by atoms with Crippen molar-refractivity contribution in [1.82, 2.24) is 4.98 Å². The van der Waals surface area contributed by atoms with Crippen LogP contribution in [0.1, 0.15) is 39.4 Å². The first-order valence-corrected chi connectivity index (χ1v) is 5.95. The molecule has 1 aromatic heterocycles. The van der Waals surface area contributed by atoms with Crippen LogP contribution >= 0.6 is 0 Å². The number of pyridine rings is 1. The van der Waals surface area contributed by atoms with E-state index in [1.165, 1.54) is 0 Å². The van der Waals surface area contributed by atoms with Gasteiger partial charge in [0.05, 0.1) is 11.7 Å². The van der Waals surface area contributed by atoms with E-state index >= 15 is 0 Å². The van der Waals surface area contributed by atoms with Gasteiger partial charge in [-0.15, -0.1) is 0 Å². The summed E-state index contributed by atoms with van der Waals surface area (Å²) in [6.07, 6.45) is 1.18. The molecule has 0 aromatic carbocycles. The Kier molecular flexibility index (Phi) is 4.48. The summed E-state index contributed by atoms with van der Waals surface area (Å²) in [4.78, 5) is 6.27. The number of anilines is 1. The molecule has 0 spiro atoms. The number of hydrogen-bond donors (Lipinski definition) is 2. The van der Waals surface area contributed by atoms with Crippen LogP contribution in [0, 0.1) is 0 Å². The molecule has 0 bridgehead atoms. The molecule has 1 atom stereocenters. The lowest BCUT2D eigenvalue weighted by Gasteiger charge is -2.29. The summed E-state index contributed by atoms with van der Waals surface area (Å²) in [6.45, 7) is 8.57. The van der Waals surface area contributed by atoms with E-state index < -0.39 is 11.7 Å². The molecule has 0 aliphatic rings. The van der Waals surface area contributed by atoms with Crippen molar-refractivity contribution < 1.29 is 10.2 Å². The maximum absolute atomic E-state index is 9.84. The zero-order valence-electron chi connectivity index (χ0n) is 11.0. The second kappa shape index (κ2) is 5.47. The first-order valence-electron chi connectivity index (χ1n) is 5.95. The highest BCUT2D eigenvalue weighted by molar-refractivity contribution is 5.41. The van der Waals surface area contributed by atoms with Crippen molar-refractivity contribution >= 4 is 5.82 Å². The van der Waals surface area contributed by atoms with Gasteiger partial charge < -0.3 is 15.1 Å².